The van der Waals surface area contributed by atoms with Crippen LogP contribution < -0.4 is 10.6 Å². The lowest BCUT2D eigenvalue weighted by atomic mass is 10.0. The van der Waals surface area contributed by atoms with E-state index in [1.807, 2.05) is 25.1 Å². The topological polar surface area (TPSA) is 50.4 Å². The molecule has 2 atom stereocenters. The van der Waals surface area contributed by atoms with Crippen molar-refractivity contribution >= 4 is 5.91 Å². The molecule has 2 N–H and O–H groups in total. The van der Waals surface area contributed by atoms with Crippen LogP contribution in [0.2, 0.25) is 0 Å². The first-order valence-electron chi connectivity index (χ1n) is 6.76. The third kappa shape index (κ3) is 5.41. The monoisotopic (exact) mass is 264 g/mol. The average Bonchev–Trinajstić information content (AvgIpc) is 2.45. The van der Waals surface area contributed by atoms with Crippen molar-refractivity contribution in [3.63, 3.8) is 0 Å². The summed E-state index contributed by atoms with van der Waals surface area (Å²) in [7, 11) is 1.62. The SMILES string of the molecule is CCC(NC(C)C(=O)NCCOC)c1ccccc1. The van der Waals surface area contributed by atoms with Gasteiger partial charge < -0.3 is 10.1 Å². The standard InChI is InChI=1S/C15H24N2O2/c1-4-14(13-8-6-5-7-9-13)17-12(2)15(18)16-10-11-19-3/h5-9,12,14,17H,4,10-11H2,1-3H3,(H,16,18). The normalized spacial score (nSPS) is 13.8. The highest BCUT2D eigenvalue weighted by atomic mass is 16.5. The highest BCUT2D eigenvalue weighted by Gasteiger charge is 2.17. The fraction of sp³-hybridized carbons (Fsp3) is 0.533. The maximum Gasteiger partial charge on any atom is 0.236 e. The molecule has 0 aliphatic carbocycles. The second-order valence-electron chi connectivity index (χ2n) is 4.54. The molecule has 106 valence electrons. The molecule has 0 fully saturated rings. The van der Waals surface area contributed by atoms with Gasteiger partial charge in [0.25, 0.3) is 0 Å². The molecular weight excluding hydrogens is 240 g/mol. The summed E-state index contributed by atoms with van der Waals surface area (Å²) >= 11 is 0. The van der Waals surface area contributed by atoms with Crippen LogP contribution in [0.3, 0.4) is 0 Å². The zero-order chi connectivity index (χ0) is 14.1. The molecule has 1 amide bonds. The van der Waals surface area contributed by atoms with E-state index in [-0.39, 0.29) is 18.0 Å². The van der Waals surface area contributed by atoms with E-state index in [1.54, 1.807) is 7.11 Å². The summed E-state index contributed by atoms with van der Waals surface area (Å²) in [5.74, 6) is 0.00595. The molecule has 2 unspecified atom stereocenters. The molecule has 1 aromatic rings. The molecule has 0 aliphatic rings. The van der Waals surface area contributed by atoms with Gasteiger partial charge in [-0.05, 0) is 18.9 Å². The second-order valence-corrected chi connectivity index (χ2v) is 4.54. The number of carbonyl (C=O) groups excluding carboxylic acids is 1. The first-order valence-corrected chi connectivity index (χ1v) is 6.76. The molecule has 0 aliphatic heterocycles. The number of benzene rings is 1. The van der Waals surface area contributed by atoms with Crippen LogP contribution >= 0.6 is 0 Å². The van der Waals surface area contributed by atoms with Gasteiger partial charge in [-0.2, -0.15) is 0 Å². The maximum atomic E-state index is 11.9. The Labute approximate surface area is 115 Å². The van der Waals surface area contributed by atoms with Gasteiger partial charge in [0.1, 0.15) is 0 Å². The van der Waals surface area contributed by atoms with Crippen molar-refractivity contribution < 1.29 is 9.53 Å². The summed E-state index contributed by atoms with van der Waals surface area (Å²) in [5.41, 5.74) is 1.21. The molecule has 19 heavy (non-hydrogen) atoms. The minimum Gasteiger partial charge on any atom is -0.383 e. The maximum absolute atomic E-state index is 11.9. The molecule has 0 saturated carbocycles. The zero-order valence-electron chi connectivity index (χ0n) is 12.0. The van der Waals surface area contributed by atoms with Crippen LogP contribution in [0.4, 0.5) is 0 Å². The minimum absolute atomic E-state index is 0.00595. The van der Waals surface area contributed by atoms with Gasteiger partial charge in [-0.15, -0.1) is 0 Å². The molecule has 0 aromatic heterocycles. The summed E-state index contributed by atoms with van der Waals surface area (Å²) in [6.07, 6.45) is 0.944. The summed E-state index contributed by atoms with van der Waals surface area (Å²) in [6.45, 7) is 5.08. The summed E-state index contributed by atoms with van der Waals surface area (Å²) < 4.78 is 4.91. The third-order valence-electron chi connectivity index (χ3n) is 3.06. The number of rotatable bonds is 8. The van der Waals surface area contributed by atoms with E-state index in [0.29, 0.717) is 13.2 Å². The lowest BCUT2D eigenvalue weighted by Gasteiger charge is -2.22. The van der Waals surface area contributed by atoms with E-state index in [2.05, 4.69) is 29.7 Å². The Hall–Kier alpha value is -1.39. The molecule has 4 nitrogen and oxygen atoms in total. The third-order valence-corrected chi connectivity index (χ3v) is 3.06. The van der Waals surface area contributed by atoms with Crippen LogP contribution in [0.1, 0.15) is 31.9 Å². The van der Waals surface area contributed by atoms with Crippen molar-refractivity contribution in [1.82, 2.24) is 10.6 Å². The lowest BCUT2D eigenvalue weighted by molar-refractivity contribution is -0.123. The Morgan fingerprint density at radius 1 is 1.32 bits per heavy atom. The van der Waals surface area contributed by atoms with Gasteiger partial charge in [0.2, 0.25) is 5.91 Å². The molecule has 0 radical (unpaired) electrons. The zero-order valence-corrected chi connectivity index (χ0v) is 12.0. The largest absolute Gasteiger partial charge is 0.383 e. The summed E-state index contributed by atoms with van der Waals surface area (Å²) in [6, 6.07) is 10.2. The van der Waals surface area contributed by atoms with Gasteiger partial charge in [-0.3, -0.25) is 10.1 Å². The minimum atomic E-state index is -0.220. The fourth-order valence-electron chi connectivity index (χ4n) is 1.94. The van der Waals surface area contributed by atoms with Crippen LogP contribution in [0.25, 0.3) is 0 Å². The van der Waals surface area contributed by atoms with Crippen LogP contribution in [-0.2, 0) is 9.53 Å². The number of hydrogen-bond donors (Lipinski definition) is 2. The Bertz CT molecular complexity index is 368. The molecule has 0 heterocycles. The Kier molecular flexibility index (Phi) is 7.15. The van der Waals surface area contributed by atoms with E-state index in [9.17, 15) is 4.79 Å². The molecule has 0 bridgehead atoms. The van der Waals surface area contributed by atoms with E-state index < -0.39 is 0 Å². The molecule has 0 saturated heterocycles. The number of ether oxygens (including phenoxy) is 1. The molecule has 4 heteroatoms. The van der Waals surface area contributed by atoms with Crippen LogP contribution in [0.15, 0.2) is 30.3 Å². The number of nitrogens with one attached hydrogen (secondary N) is 2. The van der Waals surface area contributed by atoms with Crippen LogP contribution in [0, 0.1) is 0 Å². The molecule has 0 spiro atoms. The molecule has 1 aromatic carbocycles. The van der Waals surface area contributed by atoms with Crippen molar-refractivity contribution in [2.75, 3.05) is 20.3 Å². The highest BCUT2D eigenvalue weighted by molar-refractivity contribution is 5.81. The Morgan fingerprint density at radius 3 is 2.58 bits per heavy atom. The number of hydrogen-bond acceptors (Lipinski definition) is 3. The van der Waals surface area contributed by atoms with E-state index in [4.69, 9.17) is 4.74 Å². The van der Waals surface area contributed by atoms with E-state index >= 15 is 0 Å². The van der Waals surface area contributed by atoms with Gasteiger partial charge >= 0.3 is 0 Å². The van der Waals surface area contributed by atoms with Crippen LogP contribution in [0.5, 0.6) is 0 Å². The van der Waals surface area contributed by atoms with Crippen molar-refractivity contribution in [1.29, 1.82) is 0 Å². The van der Waals surface area contributed by atoms with E-state index in [1.165, 1.54) is 5.56 Å². The first-order chi connectivity index (χ1) is 9.19. The lowest BCUT2D eigenvalue weighted by Crippen LogP contribution is -2.44. The van der Waals surface area contributed by atoms with Crippen molar-refractivity contribution in [3.8, 4) is 0 Å². The highest BCUT2D eigenvalue weighted by Crippen LogP contribution is 2.16. The van der Waals surface area contributed by atoms with Crippen molar-refractivity contribution in [2.24, 2.45) is 0 Å². The van der Waals surface area contributed by atoms with E-state index in [0.717, 1.165) is 6.42 Å². The van der Waals surface area contributed by atoms with Gasteiger partial charge in [-0.1, -0.05) is 37.3 Å². The number of methoxy groups -OCH3 is 1. The fourth-order valence-corrected chi connectivity index (χ4v) is 1.94. The van der Waals surface area contributed by atoms with Gasteiger partial charge in [-0.25, -0.2) is 0 Å². The van der Waals surface area contributed by atoms with Crippen molar-refractivity contribution in [3.05, 3.63) is 35.9 Å². The summed E-state index contributed by atoms with van der Waals surface area (Å²) in [4.78, 5) is 11.9. The smallest absolute Gasteiger partial charge is 0.236 e. The quantitative estimate of drug-likeness (QED) is 0.705. The van der Waals surface area contributed by atoms with Crippen LogP contribution in [-0.4, -0.2) is 32.2 Å². The predicted octanol–water partition coefficient (Wildman–Crippen LogP) is 1.88. The number of carbonyl (C=O) groups is 1. The summed E-state index contributed by atoms with van der Waals surface area (Å²) in [5, 5.41) is 6.19. The first kappa shape index (κ1) is 15.7. The predicted molar refractivity (Wildman–Crippen MR) is 77.0 cm³/mol. The van der Waals surface area contributed by atoms with Crippen molar-refractivity contribution in [2.45, 2.75) is 32.4 Å². The van der Waals surface area contributed by atoms with Gasteiger partial charge in [0.05, 0.1) is 12.6 Å². The molecule has 1 rings (SSSR count). The molecular formula is C15H24N2O2. The van der Waals surface area contributed by atoms with Gasteiger partial charge in [0.15, 0.2) is 0 Å². The van der Waals surface area contributed by atoms with Gasteiger partial charge in [0, 0.05) is 19.7 Å². The Balaban J connectivity index is 2.49. The number of amides is 1. The Morgan fingerprint density at radius 2 is 2.00 bits per heavy atom. The average molecular weight is 264 g/mol. The second kappa shape index (κ2) is 8.67.